The van der Waals surface area contributed by atoms with E-state index in [0.717, 1.165) is 25.7 Å². The van der Waals surface area contributed by atoms with Gasteiger partial charge in [-0.15, -0.1) is 0 Å². The van der Waals surface area contributed by atoms with Crippen LogP contribution in [0.3, 0.4) is 0 Å². The fourth-order valence-electron chi connectivity index (χ4n) is 2.56. The van der Waals surface area contributed by atoms with Crippen LogP contribution in [0.5, 0.6) is 0 Å². The topological polar surface area (TPSA) is 58.2 Å². The van der Waals surface area contributed by atoms with Crippen molar-refractivity contribution in [2.75, 3.05) is 6.54 Å². The van der Waals surface area contributed by atoms with Crippen LogP contribution in [0.4, 0.5) is 0 Å². The quantitative estimate of drug-likeness (QED) is 0.812. The molecule has 0 radical (unpaired) electrons. The van der Waals surface area contributed by atoms with Crippen molar-refractivity contribution in [1.82, 2.24) is 10.6 Å². The van der Waals surface area contributed by atoms with Crippen LogP contribution >= 0.6 is 0 Å². The molecule has 1 saturated carbocycles. The molecular weight excluding hydrogens is 276 g/mol. The summed E-state index contributed by atoms with van der Waals surface area (Å²) >= 11 is 0. The van der Waals surface area contributed by atoms with Gasteiger partial charge in [0.1, 0.15) is 6.04 Å². The van der Waals surface area contributed by atoms with Crippen molar-refractivity contribution in [3.05, 3.63) is 35.9 Å². The first-order valence-corrected chi connectivity index (χ1v) is 8.20. The van der Waals surface area contributed by atoms with Crippen LogP contribution in [0.2, 0.25) is 0 Å². The van der Waals surface area contributed by atoms with Gasteiger partial charge in [-0.2, -0.15) is 0 Å². The predicted molar refractivity (Wildman–Crippen MR) is 87.3 cm³/mol. The minimum Gasteiger partial charge on any atom is -0.354 e. The lowest BCUT2D eigenvalue weighted by Gasteiger charge is -2.28. The molecule has 0 aliphatic heterocycles. The molecule has 1 unspecified atom stereocenters. The minimum absolute atomic E-state index is 0.0307. The molecule has 2 N–H and O–H groups in total. The maximum absolute atomic E-state index is 12.3. The van der Waals surface area contributed by atoms with Crippen LogP contribution < -0.4 is 10.6 Å². The van der Waals surface area contributed by atoms with Crippen LogP contribution in [0.15, 0.2) is 30.3 Å². The summed E-state index contributed by atoms with van der Waals surface area (Å²) in [7, 11) is 0. The highest BCUT2D eigenvalue weighted by Gasteiger charge is 2.30. The van der Waals surface area contributed by atoms with Gasteiger partial charge in [-0.1, -0.05) is 50.6 Å². The molecule has 0 spiro atoms. The van der Waals surface area contributed by atoms with Crippen LogP contribution in [-0.4, -0.2) is 24.4 Å². The zero-order chi connectivity index (χ0) is 15.9. The van der Waals surface area contributed by atoms with E-state index in [-0.39, 0.29) is 23.7 Å². The number of carbonyl (C=O) groups excluding carboxylic acids is 2. The average Bonchev–Trinajstić information content (AvgIpc) is 2.43. The molecule has 1 aliphatic carbocycles. The van der Waals surface area contributed by atoms with Crippen LogP contribution in [0.1, 0.15) is 38.7 Å². The number of benzene rings is 1. The van der Waals surface area contributed by atoms with Crippen molar-refractivity contribution in [3.63, 3.8) is 0 Å². The zero-order valence-electron chi connectivity index (χ0n) is 13.5. The standard InChI is InChI=1S/C18H26N2O2/c1-13(2)16(20-17(21)15-9-6-10-15)18(22)19-12-11-14-7-4-3-5-8-14/h3-5,7-8,13,15-16H,6,9-12H2,1-2H3,(H,19,22)(H,20,21). The van der Waals surface area contributed by atoms with Gasteiger partial charge >= 0.3 is 0 Å². The highest BCUT2D eigenvalue weighted by molar-refractivity contribution is 5.88. The Labute approximate surface area is 132 Å². The number of hydrogen-bond donors (Lipinski definition) is 2. The van der Waals surface area contributed by atoms with E-state index in [1.807, 2.05) is 44.2 Å². The molecule has 2 amide bonds. The normalized spacial score (nSPS) is 16.0. The Morgan fingerprint density at radius 2 is 1.86 bits per heavy atom. The summed E-state index contributed by atoms with van der Waals surface area (Å²) in [6.45, 7) is 4.51. The Bertz CT molecular complexity index is 495. The minimum atomic E-state index is -0.441. The highest BCUT2D eigenvalue weighted by Crippen LogP contribution is 2.26. The third-order valence-electron chi connectivity index (χ3n) is 4.28. The molecular formula is C18H26N2O2. The number of rotatable bonds is 7. The number of hydrogen-bond acceptors (Lipinski definition) is 2. The SMILES string of the molecule is CC(C)C(NC(=O)C1CCC1)C(=O)NCCc1ccccc1. The number of carbonyl (C=O) groups is 2. The van der Waals surface area contributed by atoms with E-state index < -0.39 is 6.04 Å². The average molecular weight is 302 g/mol. The summed E-state index contributed by atoms with van der Waals surface area (Å²) in [6, 6.07) is 9.62. The molecule has 2 rings (SSSR count). The molecule has 4 heteroatoms. The Hall–Kier alpha value is -1.84. The van der Waals surface area contributed by atoms with Crippen molar-refractivity contribution in [3.8, 4) is 0 Å². The van der Waals surface area contributed by atoms with E-state index in [9.17, 15) is 9.59 Å². The second kappa shape index (κ2) is 7.97. The van der Waals surface area contributed by atoms with Gasteiger partial charge in [-0.3, -0.25) is 9.59 Å². The molecule has 1 aromatic rings. The summed E-state index contributed by atoms with van der Waals surface area (Å²) in [4.78, 5) is 24.4. The van der Waals surface area contributed by atoms with E-state index >= 15 is 0 Å². The Balaban J connectivity index is 1.80. The second-order valence-electron chi connectivity index (χ2n) is 6.38. The maximum Gasteiger partial charge on any atom is 0.242 e. The maximum atomic E-state index is 12.3. The Morgan fingerprint density at radius 3 is 2.41 bits per heavy atom. The molecule has 1 aromatic carbocycles. The van der Waals surface area contributed by atoms with Crippen molar-refractivity contribution in [2.45, 2.75) is 45.6 Å². The summed E-state index contributed by atoms with van der Waals surface area (Å²) in [5.74, 6) is 0.140. The lowest BCUT2D eigenvalue weighted by atomic mass is 9.84. The molecule has 0 aromatic heterocycles. The summed E-state index contributed by atoms with van der Waals surface area (Å²) in [6.07, 6.45) is 3.82. The molecule has 120 valence electrons. The molecule has 4 nitrogen and oxygen atoms in total. The second-order valence-corrected chi connectivity index (χ2v) is 6.38. The first-order valence-electron chi connectivity index (χ1n) is 8.20. The van der Waals surface area contributed by atoms with Crippen LogP contribution in [0.25, 0.3) is 0 Å². The van der Waals surface area contributed by atoms with Crippen molar-refractivity contribution >= 4 is 11.8 Å². The van der Waals surface area contributed by atoms with Crippen molar-refractivity contribution in [1.29, 1.82) is 0 Å². The van der Waals surface area contributed by atoms with Crippen molar-refractivity contribution in [2.24, 2.45) is 11.8 Å². The fraction of sp³-hybridized carbons (Fsp3) is 0.556. The number of nitrogens with one attached hydrogen (secondary N) is 2. The monoisotopic (exact) mass is 302 g/mol. The molecule has 1 aliphatic rings. The largest absolute Gasteiger partial charge is 0.354 e. The van der Waals surface area contributed by atoms with Crippen molar-refractivity contribution < 1.29 is 9.59 Å². The van der Waals surface area contributed by atoms with E-state index in [2.05, 4.69) is 10.6 Å². The third-order valence-corrected chi connectivity index (χ3v) is 4.28. The highest BCUT2D eigenvalue weighted by atomic mass is 16.2. The predicted octanol–water partition coefficient (Wildman–Crippen LogP) is 2.29. The van der Waals surface area contributed by atoms with E-state index in [0.29, 0.717) is 6.54 Å². The lowest BCUT2D eigenvalue weighted by Crippen LogP contribution is -2.52. The Kier molecular flexibility index (Phi) is 5.99. The van der Waals surface area contributed by atoms with Gasteiger partial charge in [-0.25, -0.2) is 0 Å². The van der Waals surface area contributed by atoms with E-state index in [1.54, 1.807) is 0 Å². The van der Waals surface area contributed by atoms with Crippen LogP contribution in [0, 0.1) is 11.8 Å². The molecule has 0 saturated heterocycles. The van der Waals surface area contributed by atoms with Gasteiger partial charge < -0.3 is 10.6 Å². The Morgan fingerprint density at radius 1 is 1.18 bits per heavy atom. The molecule has 0 bridgehead atoms. The lowest BCUT2D eigenvalue weighted by molar-refractivity contribution is -0.133. The van der Waals surface area contributed by atoms with Gasteiger partial charge in [0, 0.05) is 12.5 Å². The van der Waals surface area contributed by atoms with Gasteiger partial charge in [0.05, 0.1) is 0 Å². The van der Waals surface area contributed by atoms with E-state index in [1.165, 1.54) is 5.56 Å². The fourth-order valence-corrected chi connectivity index (χ4v) is 2.56. The third kappa shape index (κ3) is 4.58. The summed E-state index contributed by atoms with van der Waals surface area (Å²) in [5, 5.41) is 5.86. The molecule has 22 heavy (non-hydrogen) atoms. The molecule has 1 atom stereocenters. The van der Waals surface area contributed by atoms with Gasteiger partial charge in [0.2, 0.25) is 11.8 Å². The zero-order valence-corrected chi connectivity index (χ0v) is 13.5. The number of amides is 2. The summed E-state index contributed by atoms with van der Waals surface area (Å²) < 4.78 is 0. The summed E-state index contributed by atoms with van der Waals surface area (Å²) in [5.41, 5.74) is 1.20. The molecule has 0 heterocycles. The van der Waals surface area contributed by atoms with Gasteiger partial charge in [0.25, 0.3) is 0 Å². The van der Waals surface area contributed by atoms with Crippen LogP contribution in [-0.2, 0) is 16.0 Å². The first kappa shape index (κ1) is 16.5. The van der Waals surface area contributed by atoms with Gasteiger partial charge in [-0.05, 0) is 30.7 Å². The smallest absolute Gasteiger partial charge is 0.242 e. The first-order chi connectivity index (χ1) is 10.6. The molecule has 1 fully saturated rings. The van der Waals surface area contributed by atoms with E-state index in [4.69, 9.17) is 0 Å². The van der Waals surface area contributed by atoms with Gasteiger partial charge in [0.15, 0.2) is 0 Å².